The van der Waals surface area contributed by atoms with Crippen LogP contribution in [0, 0.1) is 6.92 Å². The van der Waals surface area contributed by atoms with Gasteiger partial charge in [0.15, 0.2) is 11.5 Å². The molecule has 2 aliphatic rings. The van der Waals surface area contributed by atoms with Gasteiger partial charge in [0.05, 0.1) is 0 Å². The van der Waals surface area contributed by atoms with Gasteiger partial charge in [-0.05, 0) is 66.8 Å². The first-order valence-corrected chi connectivity index (χ1v) is 7.58. The number of hydrogen-bond donors (Lipinski definition) is 3. The molecule has 0 aromatic heterocycles. The molecule has 1 heterocycles. The van der Waals surface area contributed by atoms with Crippen molar-refractivity contribution >= 4 is 0 Å². The van der Waals surface area contributed by atoms with Crippen LogP contribution in [-0.2, 0) is 12.8 Å². The second-order valence-electron chi connectivity index (χ2n) is 6.38. The quantitative estimate of drug-likeness (QED) is 0.654. The summed E-state index contributed by atoms with van der Waals surface area (Å²) in [5.41, 5.74) is 5.84. The summed E-state index contributed by atoms with van der Waals surface area (Å²) in [5, 5.41) is 30.5. The normalized spacial score (nSPS) is 19.6. The molecule has 0 saturated heterocycles. The Morgan fingerprint density at radius 2 is 1.91 bits per heavy atom. The van der Waals surface area contributed by atoms with E-state index in [2.05, 4.69) is 11.9 Å². The van der Waals surface area contributed by atoms with Gasteiger partial charge in [0.1, 0.15) is 5.75 Å². The average molecular weight is 297 g/mol. The van der Waals surface area contributed by atoms with Gasteiger partial charge in [-0.25, -0.2) is 0 Å². The molecule has 0 bridgehead atoms. The van der Waals surface area contributed by atoms with Crippen LogP contribution in [-0.4, -0.2) is 33.8 Å². The number of rotatable bonds is 0. The third kappa shape index (κ3) is 1.61. The van der Waals surface area contributed by atoms with E-state index in [0.717, 1.165) is 36.1 Å². The topological polar surface area (TPSA) is 63.9 Å². The second kappa shape index (κ2) is 4.40. The highest BCUT2D eigenvalue weighted by molar-refractivity contribution is 5.83. The lowest BCUT2D eigenvalue weighted by atomic mass is 9.75. The van der Waals surface area contributed by atoms with Crippen LogP contribution in [0.25, 0.3) is 11.1 Å². The number of likely N-dealkylation sites (N-methyl/N-ethyl adjacent to an activating group) is 1. The Kier molecular flexibility index (Phi) is 2.69. The summed E-state index contributed by atoms with van der Waals surface area (Å²) in [6, 6.07) is 5.40. The van der Waals surface area contributed by atoms with Crippen molar-refractivity contribution in [2.45, 2.75) is 25.8 Å². The third-order valence-electron chi connectivity index (χ3n) is 5.24. The maximum atomic E-state index is 10.3. The molecule has 4 rings (SSSR count). The zero-order chi connectivity index (χ0) is 15.6. The molecule has 3 N–H and O–H groups in total. The molecule has 114 valence electrons. The van der Waals surface area contributed by atoms with Gasteiger partial charge in [0, 0.05) is 18.2 Å². The Bertz CT molecular complexity index is 798. The minimum atomic E-state index is -0.116. The Labute approximate surface area is 129 Å². The van der Waals surface area contributed by atoms with E-state index in [0.29, 0.717) is 5.56 Å². The number of phenols is 3. The van der Waals surface area contributed by atoms with Crippen molar-refractivity contribution in [3.05, 3.63) is 40.5 Å². The van der Waals surface area contributed by atoms with Crippen LogP contribution in [0.4, 0.5) is 0 Å². The Hall–Kier alpha value is -2.20. The first-order chi connectivity index (χ1) is 10.5. The van der Waals surface area contributed by atoms with Crippen LogP contribution in [0.3, 0.4) is 0 Å². The number of fused-ring (bicyclic) bond motifs is 2. The van der Waals surface area contributed by atoms with E-state index in [4.69, 9.17) is 0 Å². The molecule has 2 aromatic rings. The molecule has 4 nitrogen and oxygen atoms in total. The Morgan fingerprint density at radius 3 is 2.68 bits per heavy atom. The van der Waals surface area contributed by atoms with Crippen LogP contribution >= 0.6 is 0 Å². The highest BCUT2D eigenvalue weighted by Gasteiger charge is 2.35. The van der Waals surface area contributed by atoms with E-state index in [1.54, 1.807) is 6.07 Å². The van der Waals surface area contributed by atoms with E-state index in [9.17, 15) is 15.3 Å². The molecule has 22 heavy (non-hydrogen) atoms. The average Bonchev–Trinajstić information content (AvgIpc) is 2.50. The predicted molar refractivity (Wildman–Crippen MR) is 84.4 cm³/mol. The van der Waals surface area contributed by atoms with Crippen molar-refractivity contribution in [1.29, 1.82) is 0 Å². The molecule has 2 aromatic carbocycles. The molecular formula is C18H19NO3. The highest BCUT2D eigenvalue weighted by Crippen LogP contribution is 2.51. The fourth-order valence-corrected chi connectivity index (χ4v) is 3.97. The van der Waals surface area contributed by atoms with Crippen LogP contribution in [0.5, 0.6) is 17.2 Å². The molecule has 0 amide bonds. The van der Waals surface area contributed by atoms with Gasteiger partial charge >= 0.3 is 0 Å². The first-order valence-electron chi connectivity index (χ1n) is 7.58. The molecular weight excluding hydrogens is 278 g/mol. The molecule has 0 saturated carbocycles. The molecule has 1 atom stereocenters. The largest absolute Gasteiger partial charge is 0.508 e. The van der Waals surface area contributed by atoms with Gasteiger partial charge in [-0.1, -0.05) is 6.07 Å². The van der Waals surface area contributed by atoms with Gasteiger partial charge in [-0.15, -0.1) is 0 Å². The van der Waals surface area contributed by atoms with Crippen molar-refractivity contribution < 1.29 is 15.3 Å². The van der Waals surface area contributed by atoms with Gasteiger partial charge < -0.3 is 15.3 Å². The molecule has 1 unspecified atom stereocenters. The van der Waals surface area contributed by atoms with Crippen molar-refractivity contribution in [2.75, 3.05) is 13.6 Å². The van der Waals surface area contributed by atoms with Gasteiger partial charge in [0.25, 0.3) is 0 Å². The summed E-state index contributed by atoms with van der Waals surface area (Å²) >= 11 is 0. The maximum absolute atomic E-state index is 10.3. The monoisotopic (exact) mass is 297 g/mol. The van der Waals surface area contributed by atoms with E-state index >= 15 is 0 Å². The maximum Gasteiger partial charge on any atom is 0.165 e. The molecule has 1 aliphatic carbocycles. The van der Waals surface area contributed by atoms with Gasteiger partial charge in [0.2, 0.25) is 0 Å². The van der Waals surface area contributed by atoms with Crippen LogP contribution < -0.4 is 0 Å². The molecule has 0 fully saturated rings. The fourth-order valence-electron chi connectivity index (χ4n) is 3.97. The second-order valence-corrected chi connectivity index (χ2v) is 6.38. The summed E-state index contributed by atoms with van der Waals surface area (Å²) in [5.74, 6) is 0.0532. The van der Waals surface area contributed by atoms with Gasteiger partial charge in [-0.2, -0.15) is 0 Å². The SMILES string of the molecule is Cc1c(O)cc2c3c1CCN(C)C3Cc1ccc(O)c(O)c1-2. The number of aromatic hydroxyl groups is 3. The Morgan fingerprint density at radius 1 is 1.14 bits per heavy atom. The van der Waals surface area contributed by atoms with Crippen molar-refractivity contribution in [1.82, 2.24) is 4.90 Å². The summed E-state index contributed by atoms with van der Waals surface area (Å²) in [6.45, 7) is 2.91. The van der Waals surface area contributed by atoms with E-state index < -0.39 is 0 Å². The van der Waals surface area contributed by atoms with Crippen LogP contribution in [0.2, 0.25) is 0 Å². The fraction of sp³-hybridized carbons (Fsp3) is 0.333. The standard InChI is InChI=1S/C18H19NO3/c1-9-11-5-6-19(2)13-7-10-3-4-14(20)18(22)16(10)12(17(11)13)8-15(9)21/h3-4,8,13,20-22H,5-7H2,1-2H3. The smallest absolute Gasteiger partial charge is 0.165 e. The van der Waals surface area contributed by atoms with Crippen molar-refractivity contribution in [3.63, 3.8) is 0 Å². The number of phenolic OH excluding ortho intramolecular Hbond substituents is 3. The highest BCUT2D eigenvalue weighted by atomic mass is 16.3. The minimum absolute atomic E-state index is 0.0883. The molecule has 0 radical (unpaired) electrons. The third-order valence-corrected chi connectivity index (χ3v) is 5.24. The zero-order valence-corrected chi connectivity index (χ0v) is 12.7. The molecule has 0 spiro atoms. The number of benzene rings is 2. The lowest BCUT2D eigenvalue weighted by molar-refractivity contribution is 0.227. The van der Waals surface area contributed by atoms with Crippen molar-refractivity contribution in [2.24, 2.45) is 0 Å². The lowest BCUT2D eigenvalue weighted by Crippen LogP contribution is -2.36. The molecule has 1 aliphatic heterocycles. The van der Waals surface area contributed by atoms with E-state index in [1.807, 2.05) is 13.0 Å². The summed E-state index contributed by atoms with van der Waals surface area (Å²) in [4.78, 5) is 2.33. The van der Waals surface area contributed by atoms with Crippen LogP contribution in [0.1, 0.15) is 28.3 Å². The van der Waals surface area contributed by atoms with E-state index in [1.165, 1.54) is 17.2 Å². The summed E-state index contributed by atoms with van der Waals surface area (Å²) in [6.07, 6.45) is 1.70. The zero-order valence-electron chi connectivity index (χ0n) is 12.7. The predicted octanol–water partition coefficient (Wildman–Crippen LogP) is 2.86. The van der Waals surface area contributed by atoms with Crippen molar-refractivity contribution in [3.8, 4) is 28.4 Å². The van der Waals surface area contributed by atoms with Crippen LogP contribution in [0.15, 0.2) is 18.2 Å². The first kappa shape index (κ1) is 13.5. The number of hydrogen-bond acceptors (Lipinski definition) is 4. The Balaban J connectivity index is 2.10. The van der Waals surface area contributed by atoms with Gasteiger partial charge in [-0.3, -0.25) is 4.90 Å². The van der Waals surface area contributed by atoms with E-state index in [-0.39, 0.29) is 23.3 Å². The lowest BCUT2D eigenvalue weighted by Gasteiger charge is -2.40. The molecule has 4 heteroatoms. The number of nitrogens with zero attached hydrogens (tertiary/aromatic N) is 1. The summed E-state index contributed by atoms with van der Waals surface area (Å²) < 4.78 is 0. The minimum Gasteiger partial charge on any atom is -0.508 e. The summed E-state index contributed by atoms with van der Waals surface area (Å²) in [7, 11) is 2.12.